The van der Waals surface area contributed by atoms with Gasteiger partial charge in [-0.05, 0) is 18.1 Å². The molecule has 0 spiro atoms. The monoisotopic (exact) mass is 342 g/mol. The van der Waals surface area contributed by atoms with Crippen LogP contribution in [0.2, 0.25) is 0 Å². The summed E-state index contributed by atoms with van der Waals surface area (Å²) in [4.78, 5) is 19.2. The maximum atomic E-state index is 12.6. The first-order valence-electron chi connectivity index (χ1n) is 8.87. The summed E-state index contributed by atoms with van der Waals surface area (Å²) in [7, 11) is 0. The van der Waals surface area contributed by atoms with Crippen LogP contribution in [-0.2, 0) is 11.3 Å². The zero-order valence-electron chi connectivity index (χ0n) is 15.1. The Kier molecular flexibility index (Phi) is 5.31. The van der Waals surface area contributed by atoms with Gasteiger partial charge >= 0.3 is 0 Å². The quantitative estimate of drug-likeness (QED) is 0.864. The van der Waals surface area contributed by atoms with E-state index in [1.165, 1.54) is 0 Å². The number of hydrogen-bond acceptors (Lipinski definition) is 5. The molecule has 2 atom stereocenters. The normalized spacial score (nSPS) is 20.2. The molecule has 0 saturated carbocycles. The predicted octanol–water partition coefficient (Wildman–Crippen LogP) is 1.69. The van der Waals surface area contributed by atoms with Crippen molar-refractivity contribution in [1.29, 1.82) is 0 Å². The van der Waals surface area contributed by atoms with Gasteiger partial charge in [-0.15, -0.1) is 10.2 Å². The van der Waals surface area contributed by atoms with Crippen LogP contribution in [0.15, 0.2) is 30.7 Å². The van der Waals surface area contributed by atoms with Crippen molar-refractivity contribution in [2.24, 2.45) is 11.8 Å². The number of amides is 1. The Balaban J connectivity index is 1.52. The Morgan fingerprint density at radius 3 is 2.92 bits per heavy atom. The minimum Gasteiger partial charge on any atom is -0.356 e. The largest absolute Gasteiger partial charge is 0.356 e. The molecule has 1 aliphatic heterocycles. The van der Waals surface area contributed by atoms with Crippen molar-refractivity contribution in [1.82, 2.24) is 25.1 Å². The molecule has 1 N–H and O–H groups in total. The Hall–Kier alpha value is -2.44. The summed E-state index contributed by atoms with van der Waals surface area (Å²) in [5, 5.41) is 11.2. The average molecular weight is 342 g/mol. The van der Waals surface area contributed by atoms with Crippen molar-refractivity contribution >= 4 is 11.7 Å². The summed E-state index contributed by atoms with van der Waals surface area (Å²) >= 11 is 0. The summed E-state index contributed by atoms with van der Waals surface area (Å²) < 4.78 is 2.00. The molecule has 1 saturated heterocycles. The first-order chi connectivity index (χ1) is 12.1. The zero-order valence-corrected chi connectivity index (χ0v) is 15.1. The number of nitrogens with one attached hydrogen (secondary N) is 1. The van der Waals surface area contributed by atoms with Gasteiger partial charge in [-0.3, -0.25) is 4.79 Å². The lowest BCUT2D eigenvalue weighted by atomic mass is 9.97. The molecule has 0 unspecified atom stereocenters. The summed E-state index contributed by atoms with van der Waals surface area (Å²) in [5.74, 6) is 2.63. The van der Waals surface area contributed by atoms with E-state index in [0.717, 1.165) is 18.2 Å². The van der Waals surface area contributed by atoms with E-state index in [1.54, 1.807) is 12.5 Å². The van der Waals surface area contributed by atoms with Crippen LogP contribution in [0.1, 0.15) is 32.5 Å². The lowest BCUT2D eigenvalue weighted by molar-refractivity contribution is -0.125. The highest BCUT2D eigenvalue weighted by Gasteiger charge is 2.35. The van der Waals surface area contributed by atoms with Crippen molar-refractivity contribution < 1.29 is 4.79 Å². The summed E-state index contributed by atoms with van der Waals surface area (Å²) in [6.45, 7) is 9.16. The second-order valence-corrected chi connectivity index (χ2v) is 7.00. The highest BCUT2D eigenvalue weighted by molar-refractivity contribution is 5.80. The van der Waals surface area contributed by atoms with Crippen LogP contribution in [0, 0.1) is 11.8 Å². The highest BCUT2D eigenvalue weighted by atomic mass is 16.2. The fraction of sp³-hybridized carbons (Fsp3) is 0.556. The number of aromatic nitrogens is 4. The van der Waals surface area contributed by atoms with E-state index < -0.39 is 0 Å². The van der Waals surface area contributed by atoms with E-state index in [-0.39, 0.29) is 11.8 Å². The molecule has 134 valence electrons. The van der Waals surface area contributed by atoms with Crippen molar-refractivity contribution in [3.8, 4) is 0 Å². The molecule has 1 fully saturated rings. The molecule has 0 radical (unpaired) electrons. The molecule has 2 aromatic heterocycles. The molecular weight excluding hydrogens is 316 g/mol. The third kappa shape index (κ3) is 3.97. The minimum atomic E-state index is -0.00696. The smallest absolute Gasteiger partial charge is 0.225 e. The maximum Gasteiger partial charge on any atom is 0.225 e. The van der Waals surface area contributed by atoms with Crippen LogP contribution in [0.25, 0.3) is 0 Å². The van der Waals surface area contributed by atoms with Gasteiger partial charge in [0.25, 0.3) is 0 Å². The number of rotatable bonds is 6. The van der Waals surface area contributed by atoms with Gasteiger partial charge in [0.15, 0.2) is 0 Å². The third-order valence-corrected chi connectivity index (χ3v) is 4.74. The van der Waals surface area contributed by atoms with E-state index in [4.69, 9.17) is 0 Å². The molecule has 7 nitrogen and oxygen atoms in total. The molecule has 1 aliphatic rings. The van der Waals surface area contributed by atoms with Gasteiger partial charge in [0.05, 0.1) is 5.92 Å². The minimum absolute atomic E-state index is 0.00696. The zero-order chi connectivity index (χ0) is 17.8. The standard InChI is InChI=1S/C18H26N6O/c1-13(2)17-22-21-12-23(17)9-8-20-18(25)15-11-24(10-14(15)3)16-6-4-5-7-19-16/h4-7,12-15H,8-11H2,1-3H3,(H,20,25)/t14-,15-/m1/s1. The number of hydrogen-bond donors (Lipinski definition) is 1. The van der Waals surface area contributed by atoms with Gasteiger partial charge in [0.2, 0.25) is 5.91 Å². The molecule has 3 rings (SSSR count). The van der Waals surface area contributed by atoms with Crippen LogP contribution in [0.3, 0.4) is 0 Å². The summed E-state index contributed by atoms with van der Waals surface area (Å²) in [5.41, 5.74) is 0. The predicted molar refractivity (Wildman–Crippen MR) is 96.2 cm³/mol. The Labute approximate surface area is 148 Å². The molecule has 0 aliphatic carbocycles. The molecule has 1 amide bonds. The molecule has 3 heterocycles. The molecule has 7 heteroatoms. The van der Waals surface area contributed by atoms with Gasteiger partial charge in [-0.1, -0.05) is 26.8 Å². The maximum absolute atomic E-state index is 12.6. The van der Waals surface area contributed by atoms with E-state index in [9.17, 15) is 4.79 Å². The van der Waals surface area contributed by atoms with Gasteiger partial charge < -0.3 is 14.8 Å². The SMILES string of the molecule is CC(C)c1nncn1CCNC(=O)[C@@H]1CN(c2ccccn2)C[C@H]1C. The Morgan fingerprint density at radius 1 is 1.36 bits per heavy atom. The number of nitrogens with zero attached hydrogens (tertiary/aromatic N) is 5. The topological polar surface area (TPSA) is 75.9 Å². The number of carbonyl (C=O) groups is 1. The van der Waals surface area contributed by atoms with Crippen LogP contribution in [-0.4, -0.2) is 45.3 Å². The van der Waals surface area contributed by atoms with Crippen LogP contribution in [0.4, 0.5) is 5.82 Å². The molecule has 0 bridgehead atoms. The van der Waals surface area contributed by atoms with Crippen molar-refractivity contribution in [3.05, 3.63) is 36.5 Å². The van der Waals surface area contributed by atoms with Gasteiger partial charge in [0.1, 0.15) is 18.0 Å². The van der Waals surface area contributed by atoms with Gasteiger partial charge in [-0.25, -0.2) is 4.98 Å². The molecule has 0 aromatic carbocycles. The summed E-state index contributed by atoms with van der Waals surface area (Å²) in [6, 6.07) is 5.88. The third-order valence-electron chi connectivity index (χ3n) is 4.74. The molecule has 25 heavy (non-hydrogen) atoms. The van der Waals surface area contributed by atoms with Crippen molar-refractivity contribution in [2.45, 2.75) is 33.2 Å². The van der Waals surface area contributed by atoms with E-state index >= 15 is 0 Å². The number of pyridine rings is 1. The second kappa shape index (κ2) is 7.63. The highest BCUT2D eigenvalue weighted by Crippen LogP contribution is 2.26. The number of anilines is 1. The Bertz CT molecular complexity index is 699. The second-order valence-electron chi connectivity index (χ2n) is 7.00. The van der Waals surface area contributed by atoms with Crippen molar-refractivity contribution in [2.75, 3.05) is 24.5 Å². The van der Waals surface area contributed by atoms with E-state index in [1.807, 2.05) is 22.8 Å². The lowest BCUT2D eigenvalue weighted by Gasteiger charge is -2.17. The Morgan fingerprint density at radius 2 is 2.20 bits per heavy atom. The van der Waals surface area contributed by atoms with Crippen LogP contribution in [0.5, 0.6) is 0 Å². The molecular formula is C18H26N6O. The fourth-order valence-electron chi connectivity index (χ4n) is 3.35. The van der Waals surface area contributed by atoms with Crippen molar-refractivity contribution in [3.63, 3.8) is 0 Å². The van der Waals surface area contributed by atoms with Crippen LogP contribution < -0.4 is 10.2 Å². The number of carbonyl (C=O) groups excluding carboxylic acids is 1. The average Bonchev–Trinajstić information content (AvgIpc) is 3.22. The van der Waals surface area contributed by atoms with Gasteiger partial charge in [-0.2, -0.15) is 0 Å². The first kappa shape index (κ1) is 17.4. The lowest BCUT2D eigenvalue weighted by Crippen LogP contribution is -2.36. The molecule has 2 aromatic rings. The summed E-state index contributed by atoms with van der Waals surface area (Å²) in [6.07, 6.45) is 3.52. The van der Waals surface area contributed by atoms with Gasteiger partial charge in [0, 0.05) is 38.3 Å². The van der Waals surface area contributed by atoms with E-state index in [0.29, 0.717) is 31.5 Å². The van der Waals surface area contributed by atoms with E-state index in [2.05, 4.69) is 46.2 Å². The first-order valence-corrected chi connectivity index (χ1v) is 8.87. The fourth-order valence-corrected chi connectivity index (χ4v) is 3.35. The van der Waals surface area contributed by atoms with Crippen LogP contribution >= 0.6 is 0 Å².